The van der Waals surface area contributed by atoms with E-state index in [1.807, 2.05) is 18.5 Å². The molecule has 0 aliphatic carbocycles. The van der Waals surface area contributed by atoms with Crippen molar-refractivity contribution >= 4 is 17.3 Å². The topological polar surface area (TPSA) is 34.9 Å². The van der Waals surface area contributed by atoms with Gasteiger partial charge in [-0.2, -0.15) is 0 Å². The fourth-order valence-corrected chi connectivity index (χ4v) is 1.72. The third-order valence-corrected chi connectivity index (χ3v) is 2.73. The Morgan fingerprint density at radius 3 is 2.94 bits per heavy atom. The van der Waals surface area contributed by atoms with Crippen molar-refractivity contribution in [1.29, 1.82) is 0 Å². The molecule has 0 aliphatic heterocycles. The second-order valence-electron chi connectivity index (χ2n) is 4.49. The van der Waals surface area contributed by atoms with Crippen molar-refractivity contribution in [3.8, 4) is 0 Å². The fraction of sp³-hybridized carbons (Fsp3) is 0.385. The van der Waals surface area contributed by atoms with E-state index in [1.54, 1.807) is 6.07 Å². The quantitative estimate of drug-likeness (QED) is 0.736. The summed E-state index contributed by atoms with van der Waals surface area (Å²) in [6.07, 6.45) is 3.84. The number of aryl methyl sites for hydroxylation is 1. The maximum absolute atomic E-state index is 10.7. The molecule has 2 aromatic rings. The Labute approximate surface area is 95.1 Å². The van der Waals surface area contributed by atoms with Gasteiger partial charge in [0.2, 0.25) is 0 Å². The predicted octanol–water partition coefficient (Wildman–Crippen LogP) is 2.89. The first kappa shape index (κ1) is 10.9. The summed E-state index contributed by atoms with van der Waals surface area (Å²) in [4.78, 5) is 15.0. The fourth-order valence-electron chi connectivity index (χ4n) is 1.72. The third-order valence-electron chi connectivity index (χ3n) is 2.73. The number of aromatic nitrogens is 2. The van der Waals surface area contributed by atoms with E-state index in [-0.39, 0.29) is 0 Å². The van der Waals surface area contributed by atoms with Crippen LogP contribution >= 0.6 is 0 Å². The van der Waals surface area contributed by atoms with E-state index in [2.05, 4.69) is 23.4 Å². The molecule has 2 rings (SSSR count). The van der Waals surface area contributed by atoms with Gasteiger partial charge < -0.3 is 4.57 Å². The van der Waals surface area contributed by atoms with Gasteiger partial charge in [-0.05, 0) is 30.5 Å². The number of hydrogen-bond donors (Lipinski definition) is 0. The highest BCUT2D eigenvalue weighted by atomic mass is 16.1. The summed E-state index contributed by atoms with van der Waals surface area (Å²) in [5.41, 5.74) is 2.71. The van der Waals surface area contributed by atoms with E-state index in [9.17, 15) is 4.79 Å². The van der Waals surface area contributed by atoms with Gasteiger partial charge in [0.15, 0.2) is 0 Å². The smallest absolute Gasteiger partial charge is 0.150 e. The van der Waals surface area contributed by atoms with Crippen LogP contribution in [0.15, 0.2) is 24.5 Å². The van der Waals surface area contributed by atoms with Gasteiger partial charge in [-0.1, -0.05) is 13.8 Å². The molecule has 1 aromatic carbocycles. The molecular weight excluding hydrogens is 200 g/mol. The Morgan fingerprint density at radius 2 is 2.25 bits per heavy atom. The van der Waals surface area contributed by atoms with E-state index in [0.29, 0.717) is 11.5 Å². The third kappa shape index (κ3) is 2.13. The van der Waals surface area contributed by atoms with Gasteiger partial charge in [-0.25, -0.2) is 4.98 Å². The zero-order valence-electron chi connectivity index (χ0n) is 9.68. The molecule has 0 radical (unpaired) electrons. The van der Waals surface area contributed by atoms with Crippen LogP contribution < -0.4 is 0 Å². The minimum atomic E-state index is 0.673. The highest BCUT2D eigenvalue weighted by molar-refractivity contribution is 5.84. The lowest BCUT2D eigenvalue weighted by molar-refractivity contribution is 0.112. The van der Waals surface area contributed by atoms with Crippen molar-refractivity contribution < 1.29 is 4.79 Å². The molecule has 3 nitrogen and oxygen atoms in total. The number of imidazole rings is 1. The summed E-state index contributed by atoms with van der Waals surface area (Å²) in [5, 5.41) is 0. The van der Waals surface area contributed by atoms with E-state index >= 15 is 0 Å². The molecule has 0 amide bonds. The second-order valence-corrected chi connectivity index (χ2v) is 4.49. The van der Waals surface area contributed by atoms with Crippen LogP contribution in [0.25, 0.3) is 11.0 Å². The molecule has 0 N–H and O–H groups in total. The van der Waals surface area contributed by atoms with Crippen molar-refractivity contribution in [2.75, 3.05) is 0 Å². The molecule has 84 valence electrons. The van der Waals surface area contributed by atoms with Gasteiger partial charge in [0.1, 0.15) is 6.29 Å². The summed E-state index contributed by atoms with van der Waals surface area (Å²) in [6, 6.07) is 5.59. The first-order valence-electron chi connectivity index (χ1n) is 5.61. The zero-order chi connectivity index (χ0) is 11.5. The summed E-state index contributed by atoms with van der Waals surface area (Å²) in [6.45, 7) is 5.36. The van der Waals surface area contributed by atoms with Crippen molar-refractivity contribution in [3.05, 3.63) is 30.1 Å². The van der Waals surface area contributed by atoms with E-state index in [4.69, 9.17) is 0 Å². The maximum Gasteiger partial charge on any atom is 0.150 e. The summed E-state index contributed by atoms with van der Waals surface area (Å²) in [7, 11) is 0. The molecule has 0 unspecified atom stereocenters. The predicted molar refractivity (Wildman–Crippen MR) is 64.6 cm³/mol. The van der Waals surface area contributed by atoms with Crippen LogP contribution in [0.4, 0.5) is 0 Å². The monoisotopic (exact) mass is 216 g/mol. The molecule has 0 fully saturated rings. The number of nitrogens with zero attached hydrogens (tertiary/aromatic N) is 2. The Kier molecular flexibility index (Phi) is 3.04. The number of benzene rings is 1. The number of carbonyl (C=O) groups excluding carboxylic acids is 1. The van der Waals surface area contributed by atoms with Crippen molar-refractivity contribution in [2.24, 2.45) is 5.92 Å². The van der Waals surface area contributed by atoms with Crippen LogP contribution in [0.5, 0.6) is 0 Å². The largest absolute Gasteiger partial charge is 0.331 e. The summed E-state index contributed by atoms with van der Waals surface area (Å²) in [5.74, 6) is 0.673. The number of rotatable bonds is 4. The molecule has 0 spiro atoms. The molecule has 0 saturated heterocycles. The SMILES string of the molecule is CC(C)CCn1cnc2ccc(C=O)cc21. The number of aldehydes is 1. The Morgan fingerprint density at radius 1 is 1.44 bits per heavy atom. The molecule has 0 aliphatic rings. The second kappa shape index (κ2) is 4.47. The summed E-state index contributed by atoms with van der Waals surface area (Å²) >= 11 is 0. The van der Waals surface area contributed by atoms with E-state index < -0.39 is 0 Å². The average molecular weight is 216 g/mol. The van der Waals surface area contributed by atoms with Crippen LogP contribution in [0.1, 0.15) is 30.6 Å². The Hall–Kier alpha value is -1.64. The maximum atomic E-state index is 10.7. The van der Waals surface area contributed by atoms with Crippen LogP contribution in [-0.4, -0.2) is 15.8 Å². The highest BCUT2D eigenvalue weighted by Crippen LogP contribution is 2.15. The highest BCUT2D eigenvalue weighted by Gasteiger charge is 2.04. The number of carbonyl (C=O) groups is 1. The molecule has 1 aromatic heterocycles. The van der Waals surface area contributed by atoms with Crippen LogP contribution in [0.3, 0.4) is 0 Å². The van der Waals surface area contributed by atoms with E-state index in [0.717, 1.165) is 30.3 Å². The average Bonchev–Trinajstić information content (AvgIpc) is 2.68. The van der Waals surface area contributed by atoms with Crippen molar-refractivity contribution in [3.63, 3.8) is 0 Å². The van der Waals surface area contributed by atoms with E-state index in [1.165, 1.54) is 0 Å². The van der Waals surface area contributed by atoms with Gasteiger partial charge in [-0.15, -0.1) is 0 Å². The normalized spacial score (nSPS) is 11.2. The standard InChI is InChI=1S/C13H16N2O/c1-10(2)5-6-15-9-14-12-4-3-11(8-16)7-13(12)15/h3-4,7-10H,5-6H2,1-2H3. The van der Waals surface area contributed by atoms with Crippen LogP contribution in [-0.2, 0) is 6.54 Å². The lowest BCUT2D eigenvalue weighted by Gasteiger charge is -2.06. The van der Waals surface area contributed by atoms with Gasteiger partial charge in [-0.3, -0.25) is 4.79 Å². The van der Waals surface area contributed by atoms with Crippen molar-refractivity contribution in [2.45, 2.75) is 26.8 Å². The van der Waals surface area contributed by atoms with Gasteiger partial charge in [0.25, 0.3) is 0 Å². The lowest BCUT2D eigenvalue weighted by atomic mass is 10.1. The summed E-state index contributed by atoms with van der Waals surface area (Å²) < 4.78 is 2.11. The minimum absolute atomic E-state index is 0.673. The Balaban J connectivity index is 2.34. The molecule has 16 heavy (non-hydrogen) atoms. The number of fused-ring (bicyclic) bond motifs is 1. The first-order valence-corrected chi connectivity index (χ1v) is 5.61. The molecule has 0 bridgehead atoms. The zero-order valence-corrected chi connectivity index (χ0v) is 9.68. The van der Waals surface area contributed by atoms with Crippen LogP contribution in [0.2, 0.25) is 0 Å². The Bertz CT molecular complexity index is 500. The molecular formula is C13H16N2O. The van der Waals surface area contributed by atoms with Crippen molar-refractivity contribution in [1.82, 2.24) is 9.55 Å². The van der Waals surface area contributed by atoms with Gasteiger partial charge >= 0.3 is 0 Å². The molecule has 0 saturated carbocycles. The molecule has 1 heterocycles. The van der Waals surface area contributed by atoms with Crippen LogP contribution in [0, 0.1) is 5.92 Å². The minimum Gasteiger partial charge on any atom is -0.331 e. The van der Waals surface area contributed by atoms with Gasteiger partial charge in [0.05, 0.1) is 17.4 Å². The lowest BCUT2D eigenvalue weighted by Crippen LogP contribution is -2.00. The van der Waals surface area contributed by atoms with Gasteiger partial charge in [0, 0.05) is 12.1 Å². The molecule has 3 heteroatoms. The first-order chi connectivity index (χ1) is 7.70. The molecule has 0 atom stereocenters. The number of hydrogen-bond acceptors (Lipinski definition) is 2.